The Balaban J connectivity index is 2.45. The van der Waals surface area contributed by atoms with Gasteiger partial charge in [0.05, 0.1) is 0 Å². The number of hydrogen-bond acceptors (Lipinski definition) is 3. The summed E-state index contributed by atoms with van der Waals surface area (Å²) in [7, 11) is 0. The molecule has 2 N–H and O–H groups in total. The van der Waals surface area contributed by atoms with Crippen LogP contribution >= 0.6 is 0 Å². The lowest BCUT2D eigenvalue weighted by Gasteiger charge is -2.22. The Morgan fingerprint density at radius 2 is 2.12 bits per heavy atom. The highest BCUT2D eigenvalue weighted by Crippen LogP contribution is 2.09. The van der Waals surface area contributed by atoms with E-state index in [4.69, 9.17) is 4.74 Å². The molecule has 0 aromatic rings. The highest BCUT2D eigenvalue weighted by atomic mass is 16.6. The van der Waals surface area contributed by atoms with Crippen LogP contribution in [-0.4, -0.2) is 30.2 Å². The minimum atomic E-state index is -0.536. The van der Waals surface area contributed by atoms with Gasteiger partial charge in [-0.25, -0.2) is 4.79 Å². The van der Waals surface area contributed by atoms with Crippen molar-refractivity contribution in [1.82, 2.24) is 10.6 Å². The summed E-state index contributed by atoms with van der Waals surface area (Å²) in [4.78, 5) is 23.0. The summed E-state index contributed by atoms with van der Waals surface area (Å²) in [6.45, 7) is 6.06. The Labute approximate surface area is 95.9 Å². The van der Waals surface area contributed by atoms with E-state index in [0.717, 1.165) is 12.8 Å². The summed E-state index contributed by atoms with van der Waals surface area (Å²) in [6, 6.07) is -0.461. The van der Waals surface area contributed by atoms with Gasteiger partial charge in [-0.1, -0.05) is 0 Å². The molecule has 1 heterocycles. The van der Waals surface area contributed by atoms with E-state index in [1.165, 1.54) is 0 Å². The van der Waals surface area contributed by atoms with Gasteiger partial charge in [0.15, 0.2) is 0 Å². The van der Waals surface area contributed by atoms with E-state index in [1.54, 1.807) is 20.8 Å². The first-order valence-electron chi connectivity index (χ1n) is 5.66. The molecule has 1 aliphatic rings. The maximum absolute atomic E-state index is 11.5. The average molecular weight is 228 g/mol. The summed E-state index contributed by atoms with van der Waals surface area (Å²) < 4.78 is 5.10. The first-order valence-corrected chi connectivity index (χ1v) is 5.66. The zero-order valence-electron chi connectivity index (χ0n) is 10.1. The molecular formula is C11H20N2O3. The number of rotatable bonds is 1. The molecule has 1 unspecified atom stereocenters. The minimum Gasteiger partial charge on any atom is -0.444 e. The van der Waals surface area contributed by atoms with Gasteiger partial charge < -0.3 is 15.4 Å². The fourth-order valence-electron chi connectivity index (χ4n) is 1.53. The van der Waals surface area contributed by atoms with Crippen molar-refractivity contribution in [3.8, 4) is 0 Å². The summed E-state index contributed by atoms with van der Waals surface area (Å²) in [5.41, 5.74) is -0.536. The van der Waals surface area contributed by atoms with Gasteiger partial charge in [0.1, 0.15) is 11.6 Å². The van der Waals surface area contributed by atoms with Crippen molar-refractivity contribution < 1.29 is 14.3 Å². The molecule has 5 heteroatoms. The molecule has 2 amide bonds. The number of carbonyl (C=O) groups excluding carboxylic acids is 2. The van der Waals surface area contributed by atoms with Crippen molar-refractivity contribution in [2.24, 2.45) is 0 Å². The molecule has 1 aliphatic heterocycles. The third-order valence-electron chi connectivity index (χ3n) is 2.23. The fraction of sp³-hybridized carbons (Fsp3) is 0.818. The number of amides is 2. The molecule has 0 aromatic carbocycles. The van der Waals surface area contributed by atoms with Crippen molar-refractivity contribution >= 4 is 12.0 Å². The van der Waals surface area contributed by atoms with E-state index in [2.05, 4.69) is 10.6 Å². The predicted octanol–water partition coefficient (Wildman–Crippen LogP) is 1.18. The molecular weight excluding hydrogens is 208 g/mol. The fourth-order valence-corrected chi connectivity index (χ4v) is 1.53. The van der Waals surface area contributed by atoms with Gasteiger partial charge in [0.25, 0.3) is 0 Å². The van der Waals surface area contributed by atoms with Crippen molar-refractivity contribution in [2.75, 3.05) is 6.54 Å². The number of alkyl carbamates (subject to hydrolysis) is 1. The summed E-state index contributed by atoms with van der Waals surface area (Å²) in [5, 5.41) is 5.35. The molecule has 0 radical (unpaired) electrons. The zero-order valence-corrected chi connectivity index (χ0v) is 10.1. The minimum absolute atomic E-state index is 0.122. The summed E-state index contributed by atoms with van der Waals surface area (Å²) in [6.07, 6.45) is 2.03. The normalized spacial score (nSPS) is 21.9. The molecule has 0 spiro atoms. The van der Waals surface area contributed by atoms with E-state index in [9.17, 15) is 9.59 Å². The standard InChI is InChI=1S/C11H20N2O3/c1-11(2,3)16-10(15)13-8-6-4-5-7-12-9(8)14/h8H,4-7H2,1-3H3,(H,12,14)(H,13,15). The maximum Gasteiger partial charge on any atom is 0.408 e. The molecule has 1 fully saturated rings. The van der Waals surface area contributed by atoms with Gasteiger partial charge in [-0.2, -0.15) is 0 Å². The van der Waals surface area contributed by atoms with Crippen LogP contribution in [0.25, 0.3) is 0 Å². The molecule has 16 heavy (non-hydrogen) atoms. The average Bonchev–Trinajstić information content (AvgIpc) is 2.29. The molecule has 0 bridgehead atoms. The maximum atomic E-state index is 11.5. The number of ether oxygens (including phenoxy) is 1. The van der Waals surface area contributed by atoms with Crippen LogP contribution in [0.5, 0.6) is 0 Å². The lowest BCUT2D eigenvalue weighted by Crippen LogP contribution is -2.47. The highest BCUT2D eigenvalue weighted by Gasteiger charge is 2.25. The second-order valence-corrected chi connectivity index (χ2v) is 4.99. The monoisotopic (exact) mass is 228 g/mol. The van der Waals surface area contributed by atoms with Crippen LogP contribution < -0.4 is 10.6 Å². The van der Waals surface area contributed by atoms with Crippen LogP contribution in [0, 0.1) is 0 Å². The first-order chi connectivity index (χ1) is 7.38. The summed E-state index contributed by atoms with van der Waals surface area (Å²) >= 11 is 0. The number of hydrogen-bond donors (Lipinski definition) is 2. The molecule has 0 aliphatic carbocycles. The molecule has 0 aromatic heterocycles. The van der Waals surface area contributed by atoms with Gasteiger partial charge >= 0.3 is 6.09 Å². The molecule has 0 saturated carbocycles. The second kappa shape index (κ2) is 5.18. The lowest BCUT2D eigenvalue weighted by atomic mass is 10.1. The second-order valence-electron chi connectivity index (χ2n) is 4.99. The third-order valence-corrected chi connectivity index (χ3v) is 2.23. The quantitative estimate of drug-likeness (QED) is 0.708. The molecule has 92 valence electrons. The molecule has 1 rings (SSSR count). The van der Waals surface area contributed by atoms with Crippen molar-refractivity contribution in [3.63, 3.8) is 0 Å². The van der Waals surface area contributed by atoms with E-state index in [-0.39, 0.29) is 5.91 Å². The van der Waals surface area contributed by atoms with Gasteiger partial charge in [0.2, 0.25) is 5.91 Å². The Morgan fingerprint density at radius 1 is 1.44 bits per heavy atom. The Morgan fingerprint density at radius 3 is 2.75 bits per heavy atom. The SMILES string of the molecule is CC(C)(C)OC(=O)NC1CCCCNC1=O. The molecule has 1 atom stereocenters. The molecule has 5 nitrogen and oxygen atoms in total. The van der Waals surface area contributed by atoms with Crippen molar-refractivity contribution in [1.29, 1.82) is 0 Å². The highest BCUT2D eigenvalue weighted by molar-refractivity contribution is 5.85. The van der Waals surface area contributed by atoms with Crippen LogP contribution in [-0.2, 0) is 9.53 Å². The van der Waals surface area contributed by atoms with Gasteiger partial charge in [-0.3, -0.25) is 4.79 Å². The van der Waals surface area contributed by atoms with Crippen LogP contribution in [0.2, 0.25) is 0 Å². The topological polar surface area (TPSA) is 67.4 Å². The Kier molecular flexibility index (Phi) is 4.15. The van der Waals surface area contributed by atoms with Crippen LogP contribution in [0.3, 0.4) is 0 Å². The zero-order chi connectivity index (χ0) is 12.2. The van der Waals surface area contributed by atoms with Crippen LogP contribution in [0.1, 0.15) is 40.0 Å². The Hall–Kier alpha value is -1.26. The molecule has 1 saturated heterocycles. The van der Waals surface area contributed by atoms with E-state index in [1.807, 2.05) is 0 Å². The lowest BCUT2D eigenvalue weighted by molar-refractivity contribution is -0.122. The van der Waals surface area contributed by atoms with Crippen molar-refractivity contribution in [3.05, 3.63) is 0 Å². The smallest absolute Gasteiger partial charge is 0.408 e. The number of nitrogens with one attached hydrogen (secondary N) is 2. The summed E-state index contributed by atoms with van der Waals surface area (Å²) in [5.74, 6) is -0.122. The van der Waals surface area contributed by atoms with E-state index in [0.29, 0.717) is 13.0 Å². The van der Waals surface area contributed by atoms with Crippen LogP contribution in [0.4, 0.5) is 4.79 Å². The van der Waals surface area contributed by atoms with E-state index >= 15 is 0 Å². The third kappa shape index (κ3) is 4.51. The first kappa shape index (κ1) is 12.8. The van der Waals surface area contributed by atoms with Crippen molar-refractivity contribution in [2.45, 2.75) is 51.7 Å². The van der Waals surface area contributed by atoms with Gasteiger partial charge in [0, 0.05) is 6.54 Å². The predicted molar refractivity (Wildman–Crippen MR) is 60.0 cm³/mol. The van der Waals surface area contributed by atoms with Gasteiger partial charge in [-0.05, 0) is 40.0 Å². The number of carbonyl (C=O) groups is 2. The van der Waals surface area contributed by atoms with E-state index < -0.39 is 17.7 Å². The van der Waals surface area contributed by atoms with Gasteiger partial charge in [-0.15, -0.1) is 0 Å². The van der Waals surface area contributed by atoms with Crippen LogP contribution in [0.15, 0.2) is 0 Å². The Bertz CT molecular complexity index is 271. The largest absolute Gasteiger partial charge is 0.444 e.